The molecule has 1 aliphatic heterocycles. The summed E-state index contributed by atoms with van der Waals surface area (Å²) in [4.78, 5) is 8.66. The van der Waals surface area contributed by atoms with Crippen LogP contribution < -0.4 is 9.47 Å². The van der Waals surface area contributed by atoms with E-state index in [0.29, 0.717) is 11.7 Å². The van der Waals surface area contributed by atoms with E-state index in [-0.39, 0.29) is 6.79 Å². The molecule has 1 aromatic heterocycles. The van der Waals surface area contributed by atoms with Crippen LogP contribution in [0.2, 0.25) is 0 Å². The molecule has 0 fully saturated rings. The van der Waals surface area contributed by atoms with Crippen molar-refractivity contribution in [2.24, 2.45) is 0 Å². The summed E-state index contributed by atoms with van der Waals surface area (Å²) in [7, 11) is 0. The molecule has 0 aliphatic carbocycles. The zero-order valence-corrected chi connectivity index (χ0v) is 10.6. The zero-order valence-electron chi connectivity index (χ0n) is 9.81. The van der Waals surface area contributed by atoms with Crippen LogP contribution in [0.3, 0.4) is 0 Å². The lowest BCUT2D eigenvalue weighted by atomic mass is 10.1. The second-order valence-corrected chi connectivity index (χ2v) is 4.28. The first-order chi connectivity index (χ1) is 8.76. The van der Waals surface area contributed by atoms with Crippen molar-refractivity contribution in [3.05, 3.63) is 35.8 Å². The van der Waals surface area contributed by atoms with Crippen LogP contribution in [-0.2, 0) is 5.88 Å². The number of ether oxygens (including phenoxy) is 2. The Kier molecular flexibility index (Phi) is 2.80. The molecule has 2 aromatic rings. The van der Waals surface area contributed by atoms with Gasteiger partial charge in [0.2, 0.25) is 6.79 Å². The van der Waals surface area contributed by atoms with Gasteiger partial charge in [-0.25, -0.2) is 9.97 Å². The van der Waals surface area contributed by atoms with Gasteiger partial charge >= 0.3 is 0 Å². The third-order valence-corrected chi connectivity index (χ3v) is 2.93. The summed E-state index contributed by atoms with van der Waals surface area (Å²) in [6.07, 6.45) is 0. The summed E-state index contributed by atoms with van der Waals surface area (Å²) in [5, 5.41) is 0. The number of aryl methyl sites for hydroxylation is 1. The minimum atomic E-state index is 0.272. The fourth-order valence-electron chi connectivity index (χ4n) is 1.89. The van der Waals surface area contributed by atoms with E-state index in [0.717, 1.165) is 28.5 Å². The second kappa shape index (κ2) is 4.46. The van der Waals surface area contributed by atoms with Crippen LogP contribution in [0.4, 0.5) is 0 Å². The third kappa shape index (κ3) is 1.99. The first kappa shape index (κ1) is 11.3. The molecule has 0 saturated carbocycles. The predicted molar refractivity (Wildman–Crippen MR) is 67.9 cm³/mol. The molecule has 1 aliphatic rings. The molecule has 5 heteroatoms. The maximum Gasteiger partial charge on any atom is 0.231 e. The molecule has 18 heavy (non-hydrogen) atoms. The highest BCUT2D eigenvalue weighted by Gasteiger charge is 2.14. The van der Waals surface area contributed by atoms with Crippen LogP contribution in [0.25, 0.3) is 11.3 Å². The Morgan fingerprint density at radius 3 is 2.83 bits per heavy atom. The van der Waals surface area contributed by atoms with Gasteiger partial charge in [0.15, 0.2) is 11.5 Å². The van der Waals surface area contributed by atoms with Crippen molar-refractivity contribution in [2.45, 2.75) is 12.8 Å². The van der Waals surface area contributed by atoms with Gasteiger partial charge in [-0.3, -0.25) is 0 Å². The van der Waals surface area contributed by atoms with E-state index in [2.05, 4.69) is 9.97 Å². The van der Waals surface area contributed by atoms with Crippen LogP contribution in [0, 0.1) is 6.92 Å². The average molecular weight is 263 g/mol. The van der Waals surface area contributed by atoms with Crippen molar-refractivity contribution in [3.63, 3.8) is 0 Å². The molecule has 0 radical (unpaired) electrons. The van der Waals surface area contributed by atoms with Gasteiger partial charge in [-0.2, -0.15) is 0 Å². The van der Waals surface area contributed by atoms with Crippen molar-refractivity contribution in [1.29, 1.82) is 0 Å². The van der Waals surface area contributed by atoms with Gasteiger partial charge in [0.1, 0.15) is 5.82 Å². The molecule has 0 spiro atoms. The zero-order chi connectivity index (χ0) is 12.5. The van der Waals surface area contributed by atoms with Crippen molar-refractivity contribution < 1.29 is 9.47 Å². The molecule has 1 aromatic carbocycles. The molecule has 0 atom stereocenters. The molecular weight excluding hydrogens is 252 g/mol. The van der Waals surface area contributed by atoms with E-state index in [4.69, 9.17) is 21.1 Å². The lowest BCUT2D eigenvalue weighted by Crippen LogP contribution is -1.96. The quantitative estimate of drug-likeness (QED) is 0.781. The summed E-state index contributed by atoms with van der Waals surface area (Å²) in [6.45, 7) is 2.20. The van der Waals surface area contributed by atoms with Gasteiger partial charge in [-0.15, -0.1) is 11.6 Å². The maximum atomic E-state index is 5.78. The topological polar surface area (TPSA) is 44.2 Å². The van der Waals surface area contributed by atoms with Gasteiger partial charge in [0, 0.05) is 11.3 Å². The molecular formula is C13H11ClN2O2. The summed E-state index contributed by atoms with van der Waals surface area (Å²) >= 11 is 5.78. The number of rotatable bonds is 2. The largest absolute Gasteiger partial charge is 0.454 e. The first-order valence-electron chi connectivity index (χ1n) is 5.57. The van der Waals surface area contributed by atoms with Crippen molar-refractivity contribution in [2.75, 3.05) is 6.79 Å². The summed E-state index contributed by atoms with van der Waals surface area (Å²) in [6, 6.07) is 7.68. The normalized spacial score (nSPS) is 12.8. The lowest BCUT2D eigenvalue weighted by Gasteiger charge is -2.05. The van der Waals surface area contributed by atoms with Gasteiger partial charge < -0.3 is 9.47 Å². The Morgan fingerprint density at radius 2 is 2.00 bits per heavy atom. The fourth-order valence-corrected chi connectivity index (χ4v) is 2.01. The highest BCUT2D eigenvalue weighted by Crippen LogP contribution is 2.35. The van der Waals surface area contributed by atoms with E-state index in [1.165, 1.54) is 0 Å². The van der Waals surface area contributed by atoms with Crippen molar-refractivity contribution >= 4 is 11.6 Å². The lowest BCUT2D eigenvalue weighted by molar-refractivity contribution is 0.174. The van der Waals surface area contributed by atoms with Gasteiger partial charge in [0.25, 0.3) is 0 Å². The summed E-state index contributed by atoms with van der Waals surface area (Å²) in [5.41, 5.74) is 2.71. The number of hydrogen-bond acceptors (Lipinski definition) is 4. The number of benzene rings is 1. The number of halogens is 1. The number of alkyl halides is 1. The van der Waals surface area contributed by atoms with Crippen LogP contribution in [0.15, 0.2) is 24.3 Å². The van der Waals surface area contributed by atoms with Crippen LogP contribution in [0.1, 0.15) is 11.5 Å². The second-order valence-electron chi connectivity index (χ2n) is 4.01. The summed E-state index contributed by atoms with van der Waals surface area (Å²) < 4.78 is 10.6. The highest BCUT2D eigenvalue weighted by atomic mass is 35.5. The van der Waals surface area contributed by atoms with Crippen molar-refractivity contribution in [3.8, 4) is 22.8 Å². The smallest absolute Gasteiger partial charge is 0.231 e. The number of hydrogen-bond donors (Lipinski definition) is 0. The van der Waals surface area contributed by atoms with E-state index < -0.39 is 0 Å². The Bertz CT molecular complexity index is 602. The maximum absolute atomic E-state index is 5.78. The molecule has 0 unspecified atom stereocenters. The summed E-state index contributed by atoms with van der Waals surface area (Å²) in [5.74, 6) is 2.45. The molecule has 0 saturated heterocycles. The molecule has 0 amide bonds. The minimum Gasteiger partial charge on any atom is -0.454 e. The standard InChI is InChI=1S/C13H11ClN2O2/c1-8-4-10(16-13(6-14)15-8)9-2-3-11-12(5-9)18-7-17-11/h2-5H,6-7H2,1H3. The van der Waals surface area contributed by atoms with E-state index in [1.807, 2.05) is 31.2 Å². The molecule has 2 heterocycles. The fraction of sp³-hybridized carbons (Fsp3) is 0.231. The monoisotopic (exact) mass is 262 g/mol. The number of aromatic nitrogens is 2. The molecule has 92 valence electrons. The number of nitrogens with zero attached hydrogens (tertiary/aromatic N) is 2. The molecule has 0 bridgehead atoms. The molecule has 4 nitrogen and oxygen atoms in total. The van der Waals surface area contributed by atoms with E-state index >= 15 is 0 Å². The van der Waals surface area contributed by atoms with Crippen LogP contribution in [0.5, 0.6) is 11.5 Å². The van der Waals surface area contributed by atoms with Gasteiger partial charge in [-0.05, 0) is 31.2 Å². The third-order valence-electron chi connectivity index (χ3n) is 2.69. The van der Waals surface area contributed by atoms with Crippen LogP contribution >= 0.6 is 11.6 Å². The van der Waals surface area contributed by atoms with Gasteiger partial charge in [0.05, 0.1) is 11.6 Å². The van der Waals surface area contributed by atoms with E-state index in [9.17, 15) is 0 Å². The van der Waals surface area contributed by atoms with Crippen molar-refractivity contribution in [1.82, 2.24) is 9.97 Å². The molecule has 3 rings (SSSR count). The predicted octanol–water partition coefficient (Wildman–Crippen LogP) is 2.92. The highest BCUT2D eigenvalue weighted by molar-refractivity contribution is 6.16. The number of fused-ring (bicyclic) bond motifs is 1. The minimum absolute atomic E-state index is 0.272. The molecule has 0 N–H and O–H groups in total. The Balaban J connectivity index is 2.06. The van der Waals surface area contributed by atoms with E-state index in [1.54, 1.807) is 0 Å². The van der Waals surface area contributed by atoms with Crippen LogP contribution in [-0.4, -0.2) is 16.8 Å². The average Bonchev–Trinajstić information content (AvgIpc) is 2.85. The van der Waals surface area contributed by atoms with Gasteiger partial charge in [-0.1, -0.05) is 0 Å². The Morgan fingerprint density at radius 1 is 1.17 bits per heavy atom. The first-order valence-corrected chi connectivity index (χ1v) is 6.10. The Hall–Kier alpha value is -1.81. The Labute approximate surface area is 110 Å². The SMILES string of the molecule is Cc1cc(-c2ccc3c(c2)OCO3)nc(CCl)n1.